The van der Waals surface area contributed by atoms with Gasteiger partial charge in [0.05, 0.1) is 11.2 Å². The van der Waals surface area contributed by atoms with E-state index in [1.807, 2.05) is 12.3 Å². The second kappa shape index (κ2) is 16.0. The number of imidazole rings is 1. The number of aromatic hydroxyl groups is 1. The van der Waals surface area contributed by atoms with E-state index in [9.17, 15) is 5.11 Å². The number of phenolic OH excluding ortho intramolecular Hbond substituents is 1. The number of phenols is 1. The van der Waals surface area contributed by atoms with Crippen LogP contribution < -0.4 is 4.57 Å². The Labute approximate surface area is 380 Å². The predicted molar refractivity (Wildman–Crippen MR) is 251 cm³/mol. The molecule has 0 saturated carbocycles. The van der Waals surface area contributed by atoms with Gasteiger partial charge in [-0.2, -0.15) is 0 Å². The van der Waals surface area contributed by atoms with Crippen molar-refractivity contribution in [1.29, 1.82) is 0 Å². The molecule has 0 aliphatic heterocycles. The van der Waals surface area contributed by atoms with Crippen molar-refractivity contribution in [3.63, 3.8) is 0 Å². The van der Waals surface area contributed by atoms with E-state index in [4.69, 9.17) is 4.98 Å². The molecular weight excluding hydrogens is 940 g/mol. The Balaban J connectivity index is 0.00000529. The molecule has 5 nitrogen and oxygen atoms in total. The van der Waals surface area contributed by atoms with E-state index in [0.29, 0.717) is 5.69 Å². The first-order chi connectivity index (χ1) is 29.1. The van der Waals surface area contributed by atoms with Gasteiger partial charge < -0.3 is 9.67 Å². The van der Waals surface area contributed by atoms with Crippen LogP contribution in [0.4, 0.5) is 0 Å². The second-order valence-electron chi connectivity index (χ2n) is 19.3. The number of aromatic nitrogens is 4. The molecule has 0 aliphatic carbocycles. The van der Waals surface area contributed by atoms with Crippen LogP contribution in [0.1, 0.15) is 79.0 Å². The Morgan fingerprint density at radius 3 is 1.89 bits per heavy atom. The molecule has 4 heterocycles. The zero-order valence-corrected chi connectivity index (χ0v) is 39.3. The number of hydrogen-bond donors (Lipinski definition) is 1. The monoisotopic (exact) mass is 992 g/mol. The van der Waals surface area contributed by atoms with Crippen LogP contribution in [0, 0.1) is 12.5 Å². The summed E-state index contributed by atoms with van der Waals surface area (Å²) >= 11 is 0. The van der Waals surface area contributed by atoms with Crippen molar-refractivity contribution >= 4 is 16.4 Å². The summed E-state index contributed by atoms with van der Waals surface area (Å²) in [6.45, 7) is 19.9. The molecule has 0 fully saturated rings. The fourth-order valence-electron chi connectivity index (χ4n) is 8.39. The van der Waals surface area contributed by atoms with Crippen LogP contribution in [-0.4, -0.2) is 19.1 Å². The largest absolute Gasteiger partial charge is 2.00 e. The van der Waals surface area contributed by atoms with Crippen LogP contribution >= 0.6 is 0 Å². The maximum atomic E-state index is 12.5. The van der Waals surface area contributed by atoms with Gasteiger partial charge in [-0.15, -0.1) is 0 Å². The topological polar surface area (TPSA) is 46.3 Å². The summed E-state index contributed by atoms with van der Waals surface area (Å²) in [5.41, 5.74) is 13.5. The van der Waals surface area contributed by atoms with Crippen molar-refractivity contribution in [3.8, 4) is 62.0 Å². The van der Waals surface area contributed by atoms with E-state index >= 15 is 0 Å². The van der Waals surface area contributed by atoms with Gasteiger partial charge in [0.1, 0.15) is 17.3 Å². The maximum Gasteiger partial charge on any atom is 2.00 e. The number of pyridine rings is 2. The average Bonchev–Trinajstić information content (AvgIpc) is 3.82. The number of nitrogens with zero attached hydrogens (tertiary/aromatic N) is 4. The smallest absolute Gasteiger partial charge is 0.511 e. The Morgan fingerprint density at radius 1 is 0.565 bits per heavy atom. The van der Waals surface area contributed by atoms with Gasteiger partial charge in [0.25, 0.3) is 6.33 Å². The predicted octanol–water partition coefficient (Wildman–Crippen LogP) is 13.4. The van der Waals surface area contributed by atoms with Crippen molar-refractivity contribution in [2.75, 3.05) is 0 Å². The van der Waals surface area contributed by atoms with Gasteiger partial charge in [0.2, 0.25) is 0 Å². The van der Waals surface area contributed by atoms with Gasteiger partial charge in [-0.25, -0.2) is 0 Å². The van der Waals surface area contributed by atoms with Crippen LogP contribution in [0.15, 0.2) is 152 Å². The summed E-state index contributed by atoms with van der Waals surface area (Å²) in [5, 5.41) is 13.5. The number of hydrogen-bond acceptors (Lipinski definition) is 2. The van der Waals surface area contributed by atoms with E-state index in [0.717, 1.165) is 78.1 Å². The summed E-state index contributed by atoms with van der Waals surface area (Å²) in [6.07, 6.45) is 9.50. The van der Waals surface area contributed by atoms with Crippen LogP contribution in [0.3, 0.4) is 0 Å². The molecule has 4 aromatic heterocycles. The molecular formula is C56H53N4OPt+. The summed E-state index contributed by atoms with van der Waals surface area (Å²) < 4.78 is 6.35. The Kier molecular flexibility index (Phi) is 11.0. The summed E-state index contributed by atoms with van der Waals surface area (Å²) in [6, 6.07) is 51.2. The number of para-hydroxylation sites is 1. The number of rotatable bonds is 6. The van der Waals surface area contributed by atoms with Crippen molar-refractivity contribution in [2.24, 2.45) is 0 Å². The third-order valence-electron chi connectivity index (χ3n) is 11.9. The fraction of sp³-hybridized carbons (Fsp3) is 0.214. The summed E-state index contributed by atoms with van der Waals surface area (Å²) in [7, 11) is 0. The standard InChI is InChI=1S/C56H53N4O.Pt/c1-54(2,3)40-27-28-43(44(32-40)38-21-14-11-15-22-38)52-49-25-18-26-51(59(49)36-60(52)50-34-41(55(4,5)6)33-46(53(50)61)56(7,8)9)58-35-45(42-23-16-17-24-48(42)58)47-31-39(29-30-57-47)37-19-12-10-13-20-37;/h10-34,61H,1-9H3;/q-1;+2. The molecule has 0 aliphatic rings. The average molecular weight is 993 g/mol. The normalized spacial score (nSPS) is 12.2. The second-order valence-corrected chi connectivity index (χ2v) is 19.3. The number of fused-ring (bicyclic) bond motifs is 2. The molecule has 0 radical (unpaired) electrons. The molecule has 6 heteroatoms. The van der Waals surface area contributed by atoms with Crippen molar-refractivity contribution in [2.45, 2.75) is 78.6 Å². The molecule has 1 N–H and O–H groups in total. The minimum absolute atomic E-state index is 0. The molecule has 9 aromatic rings. The maximum absolute atomic E-state index is 12.5. The van der Waals surface area contributed by atoms with E-state index in [2.05, 4.69) is 228 Å². The van der Waals surface area contributed by atoms with E-state index in [-0.39, 0.29) is 43.1 Å². The molecule has 0 amide bonds. The van der Waals surface area contributed by atoms with Crippen LogP contribution in [-0.2, 0) is 37.3 Å². The van der Waals surface area contributed by atoms with Gasteiger partial charge in [-0.1, -0.05) is 201 Å². The SMILES string of the molecule is CC(C)(C)c1ccc(-c2c3cccc(-n4[c-]c(-c5cc(-c6ccccc6)ccn5)c5ccccc54)n3[c-][n+]2-c2cc(C(C)(C)C)cc(C(C)(C)C)c2O)c(-c2ccccc2)c1.[Pt+2]. The fourth-order valence-corrected chi connectivity index (χ4v) is 8.39. The van der Waals surface area contributed by atoms with Crippen LogP contribution in [0.25, 0.3) is 72.7 Å². The van der Waals surface area contributed by atoms with Gasteiger partial charge in [0, 0.05) is 11.9 Å². The Bertz CT molecular complexity index is 3080. The van der Waals surface area contributed by atoms with Gasteiger partial charge in [-0.05, 0) is 90.7 Å². The van der Waals surface area contributed by atoms with Gasteiger partial charge >= 0.3 is 21.1 Å². The third kappa shape index (κ3) is 7.73. The minimum Gasteiger partial charge on any atom is -0.511 e. The molecule has 0 spiro atoms. The molecule has 0 unspecified atom stereocenters. The third-order valence-corrected chi connectivity index (χ3v) is 11.9. The molecule has 9 rings (SSSR count). The van der Waals surface area contributed by atoms with E-state index < -0.39 is 0 Å². The molecule has 0 atom stereocenters. The summed E-state index contributed by atoms with van der Waals surface area (Å²) in [5.74, 6) is 1.10. The molecule has 312 valence electrons. The Morgan fingerprint density at radius 2 is 1.21 bits per heavy atom. The molecule has 0 bridgehead atoms. The minimum atomic E-state index is -0.323. The van der Waals surface area contributed by atoms with Crippen molar-refractivity contribution in [1.82, 2.24) is 14.0 Å². The first kappa shape index (κ1) is 42.7. The zero-order chi connectivity index (χ0) is 42.8. The van der Waals surface area contributed by atoms with E-state index in [1.165, 1.54) is 5.56 Å². The van der Waals surface area contributed by atoms with Gasteiger partial charge in [0.15, 0.2) is 0 Å². The Hall–Kier alpha value is -6.03. The first-order valence-corrected chi connectivity index (χ1v) is 21.2. The van der Waals surface area contributed by atoms with Crippen molar-refractivity contribution < 1.29 is 30.7 Å². The van der Waals surface area contributed by atoms with Crippen LogP contribution in [0.2, 0.25) is 0 Å². The zero-order valence-electron chi connectivity index (χ0n) is 37.0. The van der Waals surface area contributed by atoms with Crippen molar-refractivity contribution in [3.05, 3.63) is 181 Å². The molecule has 62 heavy (non-hydrogen) atoms. The quantitative estimate of drug-likeness (QED) is 0.133. The molecule has 5 aromatic carbocycles. The van der Waals surface area contributed by atoms with Gasteiger partial charge in [-0.3, -0.25) is 14.0 Å². The molecule has 0 saturated heterocycles. The number of benzene rings is 5. The summed E-state index contributed by atoms with van der Waals surface area (Å²) in [4.78, 5) is 4.89. The van der Waals surface area contributed by atoms with E-state index in [1.54, 1.807) is 0 Å². The first-order valence-electron chi connectivity index (χ1n) is 21.2. The van der Waals surface area contributed by atoms with Crippen LogP contribution in [0.5, 0.6) is 5.75 Å².